The Bertz CT molecular complexity index is 698. The third-order valence-electron chi connectivity index (χ3n) is 3.78. The molecule has 0 amide bonds. The standard InChI is InChI=1S/C19H23NO2S/c1-5-15-7-6-8-17(20-19(23)21-4)16(15)12-22-18-10-9-13(2)11-14(18)3/h6-11H,5,12H2,1-4H3,(H,20,23). The van der Waals surface area contributed by atoms with Crippen LogP contribution in [0.15, 0.2) is 36.4 Å². The van der Waals surface area contributed by atoms with E-state index in [9.17, 15) is 0 Å². The van der Waals surface area contributed by atoms with Crippen molar-refractivity contribution in [2.45, 2.75) is 33.8 Å². The Kier molecular flexibility index (Phi) is 5.99. The molecular formula is C19H23NO2S. The molecule has 122 valence electrons. The number of hydrogen-bond donors (Lipinski definition) is 1. The highest BCUT2D eigenvalue weighted by Gasteiger charge is 2.10. The van der Waals surface area contributed by atoms with E-state index in [0.29, 0.717) is 11.8 Å². The van der Waals surface area contributed by atoms with Gasteiger partial charge in [-0.3, -0.25) is 0 Å². The van der Waals surface area contributed by atoms with Gasteiger partial charge in [-0.2, -0.15) is 0 Å². The van der Waals surface area contributed by atoms with E-state index in [1.54, 1.807) is 7.11 Å². The van der Waals surface area contributed by atoms with E-state index < -0.39 is 0 Å². The first-order valence-electron chi connectivity index (χ1n) is 7.71. The summed E-state index contributed by atoms with van der Waals surface area (Å²) in [6.45, 7) is 6.76. The molecule has 0 saturated heterocycles. The highest BCUT2D eigenvalue weighted by atomic mass is 32.1. The molecule has 23 heavy (non-hydrogen) atoms. The molecule has 2 aromatic rings. The molecule has 2 aromatic carbocycles. The summed E-state index contributed by atoms with van der Waals surface area (Å²) >= 11 is 5.11. The van der Waals surface area contributed by atoms with Crippen LogP contribution in [0.4, 0.5) is 5.69 Å². The number of nitrogens with one attached hydrogen (secondary N) is 1. The van der Waals surface area contributed by atoms with Crippen molar-refractivity contribution >= 4 is 23.1 Å². The molecule has 0 fully saturated rings. The largest absolute Gasteiger partial charge is 0.489 e. The lowest BCUT2D eigenvalue weighted by Gasteiger charge is -2.17. The Labute approximate surface area is 143 Å². The predicted octanol–water partition coefficient (Wildman–Crippen LogP) is 4.79. The third kappa shape index (κ3) is 4.45. The SMILES string of the molecule is CCc1cccc(NC(=S)OC)c1COc1ccc(C)cc1C. The summed E-state index contributed by atoms with van der Waals surface area (Å²) < 4.78 is 11.1. The van der Waals surface area contributed by atoms with Gasteiger partial charge in [-0.15, -0.1) is 0 Å². The topological polar surface area (TPSA) is 30.5 Å². The van der Waals surface area contributed by atoms with Crippen LogP contribution in [0, 0.1) is 13.8 Å². The number of ether oxygens (including phenoxy) is 2. The molecule has 0 aliphatic heterocycles. The summed E-state index contributed by atoms with van der Waals surface area (Å²) in [5, 5.41) is 3.48. The molecule has 0 aliphatic rings. The van der Waals surface area contributed by atoms with Gasteiger partial charge in [0.15, 0.2) is 0 Å². The van der Waals surface area contributed by atoms with Gasteiger partial charge in [0.2, 0.25) is 0 Å². The third-order valence-corrected chi connectivity index (χ3v) is 4.05. The molecule has 4 heteroatoms. The minimum atomic E-state index is 0.353. The number of methoxy groups -OCH3 is 1. The van der Waals surface area contributed by atoms with Crippen LogP contribution in [0.5, 0.6) is 5.75 Å². The minimum Gasteiger partial charge on any atom is -0.489 e. The van der Waals surface area contributed by atoms with Gasteiger partial charge in [-0.25, -0.2) is 0 Å². The van der Waals surface area contributed by atoms with Crippen LogP contribution in [0.25, 0.3) is 0 Å². The summed E-state index contributed by atoms with van der Waals surface area (Å²) in [4.78, 5) is 0. The van der Waals surface area contributed by atoms with Crippen LogP contribution in [0.3, 0.4) is 0 Å². The first-order chi connectivity index (χ1) is 11.0. The lowest BCUT2D eigenvalue weighted by atomic mass is 10.0. The number of benzene rings is 2. The molecule has 2 rings (SSSR count). The fourth-order valence-electron chi connectivity index (χ4n) is 2.53. The molecular weight excluding hydrogens is 306 g/mol. The Morgan fingerprint density at radius 1 is 1.17 bits per heavy atom. The van der Waals surface area contributed by atoms with Gasteiger partial charge in [0.1, 0.15) is 12.4 Å². The zero-order valence-electron chi connectivity index (χ0n) is 14.1. The average molecular weight is 329 g/mol. The van der Waals surface area contributed by atoms with Gasteiger partial charge in [0, 0.05) is 11.3 Å². The molecule has 0 aromatic heterocycles. The summed E-state index contributed by atoms with van der Waals surface area (Å²) in [7, 11) is 1.56. The second-order valence-corrected chi connectivity index (χ2v) is 5.84. The molecule has 0 unspecified atom stereocenters. The summed E-state index contributed by atoms with van der Waals surface area (Å²) in [5.74, 6) is 0.904. The van der Waals surface area contributed by atoms with Gasteiger partial charge < -0.3 is 14.8 Å². The molecule has 3 nitrogen and oxygen atoms in total. The van der Waals surface area contributed by atoms with Gasteiger partial charge in [0.05, 0.1) is 7.11 Å². The van der Waals surface area contributed by atoms with Crippen molar-refractivity contribution in [1.82, 2.24) is 0 Å². The van der Waals surface area contributed by atoms with Crippen molar-refractivity contribution in [1.29, 1.82) is 0 Å². The second-order valence-electron chi connectivity index (χ2n) is 5.47. The normalized spacial score (nSPS) is 10.3. The second kappa shape index (κ2) is 7.97. The molecule has 0 bridgehead atoms. The maximum Gasteiger partial charge on any atom is 0.260 e. The molecule has 0 spiro atoms. The maximum atomic E-state index is 6.05. The first-order valence-corrected chi connectivity index (χ1v) is 8.11. The van der Waals surface area contributed by atoms with Crippen molar-refractivity contribution in [3.8, 4) is 5.75 Å². The smallest absolute Gasteiger partial charge is 0.260 e. The van der Waals surface area contributed by atoms with Crippen LogP contribution in [-0.4, -0.2) is 12.3 Å². The number of hydrogen-bond acceptors (Lipinski definition) is 3. The van der Waals surface area contributed by atoms with Crippen molar-refractivity contribution in [2.24, 2.45) is 0 Å². The maximum absolute atomic E-state index is 6.05. The van der Waals surface area contributed by atoms with E-state index in [0.717, 1.165) is 29.0 Å². The van der Waals surface area contributed by atoms with Gasteiger partial charge in [-0.05, 0) is 55.7 Å². The van der Waals surface area contributed by atoms with Gasteiger partial charge >= 0.3 is 0 Å². The monoisotopic (exact) mass is 329 g/mol. The van der Waals surface area contributed by atoms with E-state index in [1.807, 2.05) is 18.2 Å². The molecule has 1 N–H and O–H groups in total. The van der Waals surface area contributed by atoms with Crippen molar-refractivity contribution in [3.63, 3.8) is 0 Å². The minimum absolute atomic E-state index is 0.353. The zero-order valence-corrected chi connectivity index (χ0v) is 14.9. The van der Waals surface area contributed by atoms with E-state index in [1.165, 1.54) is 11.1 Å². The van der Waals surface area contributed by atoms with Crippen LogP contribution in [0.1, 0.15) is 29.2 Å². The van der Waals surface area contributed by atoms with E-state index >= 15 is 0 Å². The van der Waals surface area contributed by atoms with E-state index in [2.05, 4.69) is 44.3 Å². The van der Waals surface area contributed by atoms with Crippen LogP contribution < -0.4 is 10.1 Å². The quantitative estimate of drug-likeness (QED) is 0.799. The fourth-order valence-corrected chi connectivity index (χ4v) is 2.64. The van der Waals surface area contributed by atoms with E-state index in [-0.39, 0.29) is 0 Å². The highest BCUT2D eigenvalue weighted by Crippen LogP contribution is 2.25. The first kappa shape index (κ1) is 17.3. The molecule has 0 aliphatic carbocycles. The number of thiocarbonyl (C=S) groups is 1. The summed E-state index contributed by atoms with van der Waals surface area (Å²) in [6.07, 6.45) is 0.931. The highest BCUT2D eigenvalue weighted by molar-refractivity contribution is 7.80. The average Bonchev–Trinajstić information content (AvgIpc) is 2.54. The van der Waals surface area contributed by atoms with Gasteiger partial charge in [0.25, 0.3) is 5.17 Å². The Hall–Kier alpha value is -2.07. The molecule has 0 atom stereocenters. The Morgan fingerprint density at radius 3 is 2.61 bits per heavy atom. The zero-order chi connectivity index (χ0) is 16.8. The summed E-state index contributed by atoms with van der Waals surface area (Å²) in [5.41, 5.74) is 5.64. The number of rotatable bonds is 5. The van der Waals surface area contributed by atoms with Crippen LogP contribution in [0.2, 0.25) is 0 Å². The molecule has 0 saturated carbocycles. The number of anilines is 1. The van der Waals surface area contributed by atoms with Crippen molar-refractivity contribution in [3.05, 3.63) is 58.7 Å². The molecule has 0 radical (unpaired) electrons. The Morgan fingerprint density at radius 2 is 1.96 bits per heavy atom. The van der Waals surface area contributed by atoms with Gasteiger partial charge in [-0.1, -0.05) is 36.8 Å². The van der Waals surface area contributed by atoms with Crippen LogP contribution >= 0.6 is 12.2 Å². The lowest BCUT2D eigenvalue weighted by Crippen LogP contribution is -2.14. The van der Waals surface area contributed by atoms with Crippen molar-refractivity contribution in [2.75, 3.05) is 12.4 Å². The summed E-state index contributed by atoms with van der Waals surface area (Å²) in [6, 6.07) is 12.3. The molecule has 0 heterocycles. The number of aryl methyl sites for hydroxylation is 3. The van der Waals surface area contributed by atoms with E-state index in [4.69, 9.17) is 21.7 Å². The van der Waals surface area contributed by atoms with Crippen molar-refractivity contribution < 1.29 is 9.47 Å². The fraction of sp³-hybridized carbons (Fsp3) is 0.316. The lowest BCUT2D eigenvalue weighted by molar-refractivity contribution is 0.303. The predicted molar refractivity (Wildman–Crippen MR) is 99.3 cm³/mol. The Balaban J connectivity index is 2.24. The van der Waals surface area contributed by atoms with Crippen LogP contribution in [-0.2, 0) is 17.8 Å².